The van der Waals surface area contributed by atoms with Gasteiger partial charge < -0.3 is 15.6 Å². The van der Waals surface area contributed by atoms with E-state index in [1.54, 1.807) is 21.0 Å². The average Bonchev–Trinajstić information content (AvgIpc) is 3.16. The first-order valence-corrected chi connectivity index (χ1v) is 9.93. The molecule has 0 spiro atoms. The summed E-state index contributed by atoms with van der Waals surface area (Å²) in [6, 6.07) is 9.56. The Morgan fingerprint density at radius 3 is 2.67 bits per heavy atom. The molecule has 0 amide bonds. The average molecular weight is 406 g/mol. The zero-order valence-corrected chi connectivity index (χ0v) is 17.3. The molecule has 0 aliphatic heterocycles. The number of nitrogens with two attached hydrogens (primary N) is 1. The van der Waals surface area contributed by atoms with Gasteiger partial charge >= 0.3 is 0 Å². The number of ether oxygens (including phenoxy) is 1. The van der Waals surface area contributed by atoms with E-state index in [2.05, 4.69) is 26.2 Å². The maximum Gasteiger partial charge on any atom is 0.183 e. The number of methoxy groups -OCH3 is 1. The van der Waals surface area contributed by atoms with Crippen molar-refractivity contribution in [1.82, 2.24) is 20.2 Å². The Morgan fingerprint density at radius 2 is 2.03 bits per heavy atom. The summed E-state index contributed by atoms with van der Waals surface area (Å²) in [4.78, 5) is 13.4. The highest BCUT2D eigenvalue weighted by atomic mass is 16.5. The molecule has 1 aromatic carbocycles. The van der Waals surface area contributed by atoms with E-state index in [0.717, 1.165) is 24.2 Å². The minimum atomic E-state index is -0.927. The number of aromatic amines is 1. The first-order chi connectivity index (χ1) is 14.4. The van der Waals surface area contributed by atoms with E-state index in [1.807, 2.05) is 30.5 Å². The van der Waals surface area contributed by atoms with Crippen molar-refractivity contribution in [2.24, 2.45) is 10.7 Å². The van der Waals surface area contributed by atoms with Crippen molar-refractivity contribution in [3.05, 3.63) is 53.6 Å². The lowest BCUT2D eigenvalue weighted by Gasteiger charge is -2.34. The van der Waals surface area contributed by atoms with Crippen LogP contribution in [0.5, 0.6) is 5.75 Å². The number of nitrogens with one attached hydrogen (secondary N) is 1. The molecular weight excluding hydrogens is 380 g/mol. The van der Waals surface area contributed by atoms with E-state index < -0.39 is 5.60 Å². The van der Waals surface area contributed by atoms with Crippen LogP contribution < -0.4 is 10.5 Å². The summed E-state index contributed by atoms with van der Waals surface area (Å²) in [5, 5.41) is 17.5. The van der Waals surface area contributed by atoms with Crippen LogP contribution in [0.25, 0.3) is 11.4 Å². The summed E-state index contributed by atoms with van der Waals surface area (Å²) in [5.41, 5.74) is 7.81. The van der Waals surface area contributed by atoms with E-state index in [0.29, 0.717) is 34.8 Å². The van der Waals surface area contributed by atoms with Crippen molar-refractivity contribution >= 4 is 12.0 Å². The predicted octanol–water partition coefficient (Wildman–Crippen LogP) is 3.38. The maximum atomic E-state index is 10.1. The lowest BCUT2D eigenvalue weighted by molar-refractivity contribution is 0.0738. The number of nitrogens with zero attached hydrogens (tertiary/aromatic N) is 4. The van der Waals surface area contributed by atoms with Gasteiger partial charge in [0.05, 0.1) is 24.7 Å². The number of H-pyrrole nitrogens is 1. The second-order valence-electron chi connectivity index (χ2n) is 8.08. The Morgan fingerprint density at radius 1 is 1.23 bits per heavy atom. The molecular formula is C22H26N6O2. The van der Waals surface area contributed by atoms with E-state index in [4.69, 9.17) is 15.5 Å². The number of hydrogen-bond acceptors (Lipinski definition) is 6. The highest BCUT2D eigenvalue weighted by Gasteiger charge is 2.34. The van der Waals surface area contributed by atoms with Gasteiger partial charge in [0.15, 0.2) is 5.82 Å². The fourth-order valence-electron chi connectivity index (χ4n) is 3.77. The third-order valence-electron chi connectivity index (χ3n) is 5.58. The van der Waals surface area contributed by atoms with E-state index >= 15 is 0 Å². The molecule has 8 heteroatoms. The Bertz CT molecular complexity index is 1050. The predicted molar refractivity (Wildman–Crippen MR) is 115 cm³/mol. The molecule has 156 valence electrons. The largest absolute Gasteiger partial charge is 0.494 e. The SMILES string of the molecule is COc1cccc(-c2n[nH]c(C3CC(c4ccc(C(C)(C)O)nc4)C3)n2)c1N=CN. The van der Waals surface area contributed by atoms with Gasteiger partial charge in [-0.15, -0.1) is 0 Å². The second kappa shape index (κ2) is 7.87. The number of aromatic nitrogens is 4. The van der Waals surface area contributed by atoms with Crippen LogP contribution in [0.1, 0.15) is 55.6 Å². The van der Waals surface area contributed by atoms with Gasteiger partial charge in [0, 0.05) is 12.1 Å². The zero-order valence-electron chi connectivity index (χ0n) is 17.3. The number of aliphatic imine (C=N–C) groups is 1. The molecule has 0 bridgehead atoms. The lowest BCUT2D eigenvalue weighted by atomic mass is 9.71. The molecule has 1 aliphatic carbocycles. The van der Waals surface area contributed by atoms with Gasteiger partial charge in [-0.1, -0.05) is 12.1 Å². The van der Waals surface area contributed by atoms with Crippen molar-refractivity contribution < 1.29 is 9.84 Å². The Labute approximate surface area is 175 Å². The van der Waals surface area contributed by atoms with Gasteiger partial charge in [0.1, 0.15) is 22.9 Å². The summed E-state index contributed by atoms with van der Waals surface area (Å²) in [6.07, 6.45) is 5.06. The number of benzene rings is 1. The van der Waals surface area contributed by atoms with Crippen LogP contribution in [-0.4, -0.2) is 38.7 Å². The second-order valence-corrected chi connectivity index (χ2v) is 8.08. The van der Waals surface area contributed by atoms with Crippen LogP contribution >= 0.6 is 0 Å². The van der Waals surface area contributed by atoms with Crippen LogP contribution in [-0.2, 0) is 5.60 Å². The third kappa shape index (κ3) is 3.78. The van der Waals surface area contributed by atoms with Gasteiger partial charge in [0.25, 0.3) is 0 Å². The first kappa shape index (κ1) is 20.0. The molecule has 0 radical (unpaired) electrons. The molecule has 2 heterocycles. The van der Waals surface area contributed by atoms with E-state index in [1.165, 1.54) is 11.9 Å². The van der Waals surface area contributed by atoms with Crippen molar-refractivity contribution in [3.63, 3.8) is 0 Å². The van der Waals surface area contributed by atoms with Gasteiger partial charge in [-0.25, -0.2) is 9.98 Å². The Balaban J connectivity index is 1.48. The van der Waals surface area contributed by atoms with Crippen LogP contribution in [0.15, 0.2) is 41.5 Å². The summed E-state index contributed by atoms with van der Waals surface area (Å²) in [5.74, 6) is 2.81. The number of hydrogen-bond donors (Lipinski definition) is 3. The lowest BCUT2D eigenvalue weighted by Crippen LogP contribution is -2.22. The van der Waals surface area contributed by atoms with E-state index in [-0.39, 0.29) is 0 Å². The van der Waals surface area contributed by atoms with Gasteiger partial charge in [-0.3, -0.25) is 10.1 Å². The summed E-state index contributed by atoms with van der Waals surface area (Å²) in [7, 11) is 1.59. The summed E-state index contributed by atoms with van der Waals surface area (Å²) < 4.78 is 5.38. The molecule has 1 saturated carbocycles. The molecule has 1 fully saturated rings. The normalized spacial score (nSPS) is 19.1. The molecule has 0 saturated heterocycles. The minimum absolute atomic E-state index is 0.317. The number of para-hydroxylation sites is 1. The summed E-state index contributed by atoms with van der Waals surface area (Å²) in [6.45, 7) is 3.48. The number of rotatable bonds is 6. The fraction of sp³-hybridized carbons (Fsp3) is 0.364. The smallest absolute Gasteiger partial charge is 0.183 e. The number of aliphatic hydroxyl groups is 1. The summed E-state index contributed by atoms with van der Waals surface area (Å²) >= 11 is 0. The molecule has 2 aromatic heterocycles. The quantitative estimate of drug-likeness (QED) is 0.426. The fourth-order valence-corrected chi connectivity index (χ4v) is 3.77. The van der Waals surface area contributed by atoms with E-state index in [9.17, 15) is 5.11 Å². The Kier molecular flexibility index (Phi) is 5.26. The molecule has 1 aliphatic rings. The number of pyridine rings is 1. The molecule has 0 atom stereocenters. The first-order valence-electron chi connectivity index (χ1n) is 9.93. The van der Waals surface area contributed by atoms with Crippen LogP contribution in [0.3, 0.4) is 0 Å². The van der Waals surface area contributed by atoms with Crippen LogP contribution in [0, 0.1) is 0 Å². The molecule has 4 N–H and O–H groups in total. The van der Waals surface area contributed by atoms with Crippen LogP contribution in [0.4, 0.5) is 5.69 Å². The highest BCUT2D eigenvalue weighted by molar-refractivity contribution is 5.79. The van der Waals surface area contributed by atoms with Crippen molar-refractivity contribution in [1.29, 1.82) is 0 Å². The van der Waals surface area contributed by atoms with Crippen molar-refractivity contribution in [3.8, 4) is 17.1 Å². The minimum Gasteiger partial charge on any atom is -0.494 e. The zero-order chi connectivity index (χ0) is 21.3. The third-order valence-corrected chi connectivity index (χ3v) is 5.58. The molecule has 30 heavy (non-hydrogen) atoms. The Hall–Kier alpha value is -3.26. The maximum absolute atomic E-state index is 10.1. The van der Waals surface area contributed by atoms with Crippen molar-refractivity contribution in [2.45, 2.75) is 44.1 Å². The van der Waals surface area contributed by atoms with Crippen molar-refractivity contribution in [2.75, 3.05) is 7.11 Å². The van der Waals surface area contributed by atoms with Gasteiger partial charge in [-0.05, 0) is 56.4 Å². The highest BCUT2D eigenvalue weighted by Crippen LogP contribution is 2.47. The molecule has 8 nitrogen and oxygen atoms in total. The molecule has 4 rings (SSSR count). The molecule has 3 aromatic rings. The van der Waals surface area contributed by atoms with Gasteiger partial charge in [-0.2, -0.15) is 5.10 Å². The van der Waals surface area contributed by atoms with Gasteiger partial charge in [0.2, 0.25) is 0 Å². The standard InChI is InChI=1S/C22H26N6O2/c1-22(2,29)18-8-7-13(11-24-18)14-9-15(10-14)20-26-21(28-27-20)16-5-4-6-17(30-3)19(16)25-12-23/h4-8,11-12,14-15,29H,9-10H2,1-3H3,(H2,23,25)(H,26,27,28). The topological polar surface area (TPSA) is 122 Å². The van der Waals surface area contributed by atoms with Crippen LogP contribution in [0.2, 0.25) is 0 Å². The molecule has 0 unspecified atom stereocenters. The monoisotopic (exact) mass is 406 g/mol.